The molecule has 0 radical (unpaired) electrons. The van der Waals surface area contributed by atoms with E-state index in [4.69, 9.17) is 0 Å². The number of amides is 1. The molecule has 5 heteroatoms. The summed E-state index contributed by atoms with van der Waals surface area (Å²) in [5.74, 6) is -3.25. The summed E-state index contributed by atoms with van der Waals surface area (Å²) in [5.41, 5.74) is 0.371. The first kappa shape index (κ1) is 15.1. The maximum atomic E-state index is 13.7. The van der Waals surface area contributed by atoms with Gasteiger partial charge in [0, 0.05) is 7.05 Å². The smallest absolute Gasteiger partial charge is 0.257 e. The van der Waals surface area contributed by atoms with Crippen LogP contribution in [0.2, 0.25) is 0 Å². The van der Waals surface area contributed by atoms with Crippen LogP contribution in [0.15, 0.2) is 42.5 Å². The largest absolute Gasteiger partial charge is 0.335 e. The molecule has 0 saturated carbocycles. The molecule has 0 bridgehead atoms. The van der Waals surface area contributed by atoms with Crippen molar-refractivity contribution in [3.8, 4) is 0 Å². The molecule has 0 aliphatic heterocycles. The predicted octanol–water partition coefficient (Wildman–Crippen LogP) is 3.94. The molecule has 2 aromatic carbocycles. The standard InChI is InChI=1S/C16H14F3NO/c1-10(11-6-8-12(17)9-7-11)20(2)16(21)13-4-3-5-14(18)15(13)19/h3-10H,1-2H3. The zero-order valence-corrected chi connectivity index (χ0v) is 11.6. The lowest BCUT2D eigenvalue weighted by Crippen LogP contribution is -2.30. The van der Waals surface area contributed by atoms with Crippen molar-refractivity contribution in [2.24, 2.45) is 0 Å². The van der Waals surface area contributed by atoms with Crippen LogP contribution in [0.4, 0.5) is 13.2 Å². The monoisotopic (exact) mass is 293 g/mol. The van der Waals surface area contributed by atoms with Crippen molar-refractivity contribution in [2.45, 2.75) is 13.0 Å². The Hall–Kier alpha value is -2.30. The minimum absolute atomic E-state index is 0.327. The normalized spacial score (nSPS) is 12.0. The predicted molar refractivity (Wildman–Crippen MR) is 73.3 cm³/mol. The van der Waals surface area contributed by atoms with E-state index in [1.54, 1.807) is 19.1 Å². The van der Waals surface area contributed by atoms with Gasteiger partial charge in [-0.05, 0) is 36.8 Å². The molecule has 0 saturated heterocycles. The quantitative estimate of drug-likeness (QED) is 0.839. The van der Waals surface area contributed by atoms with Crippen LogP contribution in [0.3, 0.4) is 0 Å². The summed E-state index contributed by atoms with van der Waals surface area (Å²) in [5, 5.41) is 0. The molecule has 1 amide bonds. The Balaban J connectivity index is 2.26. The van der Waals surface area contributed by atoms with Gasteiger partial charge in [0.2, 0.25) is 0 Å². The highest BCUT2D eigenvalue weighted by Crippen LogP contribution is 2.22. The van der Waals surface area contributed by atoms with Crippen molar-refractivity contribution in [3.63, 3.8) is 0 Å². The molecule has 2 aromatic rings. The van der Waals surface area contributed by atoms with E-state index >= 15 is 0 Å². The lowest BCUT2D eigenvalue weighted by atomic mass is 10.1. The van der Waals surface area contributed by atoms with Gasteiger partial charge in [0.15, 0.2) is 11.6 Å². The molecule has 0 heterocycles. The Morgan fingerprint density at radius 1 is 1.05 bits per heavy atom. The topological polar surface area (TPSA) is 20.3 Å². The fourth-order valence-electron chi connectivity index (χ4n) is 2.00. The molecule has 21 heavy (non-hydrogen) atoms. The van der Waals surface area contributed by atoms with Crippen LogP contribution in [-0.4, -0.2) is 17.9 Å². The first-order valence-electron chi connectivity index (χ1n) is 6.38. The summed E-state index contributed by atoms with van der Waals surface area (Å²) in [7, 11) is 1.49. The maximum Gasteiger partial charge on any atom is 0.257 e. The fourth-order valence-corrected chi connectivity index (χ4v) is 2.00. The molecule has 2 nitrogen and oxygen atoms in total. The molecule has 1 unspecified atom stereocenters. The van der Waals surface area contributed by atoms with Crippen molar-refractivity contribution < 1.29 is 18.0 Å². The minimum atomic E-state index is -1.17. The van der Waals surface area contributed by atoms with E-state index in [2.05, 4.69) is 0 Å². The lowest BCUT2D eigenvalue weighted by molar-refractivity contribution is 0.0736. The summed E-state index contributed by atoms with van der Waals surface area (Å²) in [6.45, 7) is 1.72. The second-order valence-electron chi connectivity index (χ2n) is 4.74. The highest BCUT2D eigenvalue weighted by Gasteiger charge is 2.22. The molecular weight excluding hydrogens is 279 g/mol. The Kier molecular flexibility index (Phi) is 4.31. The Labute approximate surface area is 120 Å². The van der Waals surface area contributed by atoms with Gasteiger partial charge in [0.25, 0.3) is 5.91 Å². The summed E-state index contributed by atoms with van der Waals surface area (Å²) < 4.78 is 39.7. The van der Waals surface area contributed by atoms with E-state index < -0.39 is 23.6 Å². The van der Waals surface area contributed by atoms with Crippen LogP contribution >= 0.6 is 0 Å². The fraction of sp³-hybridized carbons (Fsp3) is 0.188. The number of nitrogens with zero attached hydrogens (tertiary/aromatic N) is 1. The van der Waals surface area contributed by atoms with E-state index in [0.717, 1.165) is 6.07 Å². The Bertz CT molecular complexity index is 655. The van der Waals surface area contributed by atoms with Gasteiger partial charge in [-0.3, -0.25) is 4.79 Å². The molecule has 0 spiro atoms. The van der Waals surface area contributed by atoms with Gasteiger partial charge in [-0.1, -0.05) is 18.2 Å². The van der Waals surface area contributed by atoms with Gasteiger partial charge < -0.3 is 4.90 Å². The molecule has 0 N–H and O–H groups in total. The molecule has 2 rings (SSSR count). The van der Waals surface area contributed by atoms with Gasteiger partial charge in [-0.2, -0.15) is 0 Å². The second kappa shape index (κ2) is 5.99. The number of rotatable bonds is 3. The van der Waals surface area contributed by atoms with Crippen molar-refractivity contribution in [2.75, 3.05) is 7.05 Å². The summed E-state index contributed by atoms with van der Waals surface area (Å²) in [6, 6.07) is 8.73. The number of halogens is 3. The average molecular weight is 293 g/mol. The first-order valence-corrected chi connectivity index (χ1v) is 6.38. The highest BCUT2D eigenvalue weighted by atomic mass is 19.2. The summed E-state index contributed by atoms with van der Waals surface area (Å²) in [6.07, 6.45) is 0. The van der Waals surface area contributed by atoms with Crippen LogP contribution in [0.5, 0.6) is 0 Å². The van der Waals surface area contributed by atoms with Crippen molar-refractivity contribution >= 4 is 5.91 Å². The van der Waals surface area contributed by atoms with Crippen molar-refractivity contribution in [1.29, 1.82) is 0 Å². The SMILES string of the molecule is CC(c1ccc(F)cc1)N(C)C(=O)c1cccc(F)c1F. The number of hydrogen-bond acceptors (Lipinski definition) is 1. The molecule has 0 aliphatic carbocycles. The van der Waals surface area contributed by atoms with Crippen molar-refractivity contribution in [3.05, 3.63) is 71.0 Å². The first-order chi connectivity index (χ1) is 9.91. The Morgan fingerprint density at radius 2 is 1.67 bits per heavy atom. The summed E-state index contributed by atoms with van der Waals surface area (Å²) in [4.78, 5) is 13.5. The average Bonchev–Trinajstić information content (AvgIpc) is 2.48. The third kappa shape index (κ3) is 3.07. The zero-order chi connectivity index (χ0) is 15.6. The number of carbonyl (C=O) groups is 1. The zero-order valence-electron chi connectivity index (χ0n) is 11.6. The highest BCUT2D eigenvalue weighted by molar-refractivity contribution is 5.94. The van der Waals surface area contributed by atoms with E-state index in [1.807, 2.05) is 0 Å². The number of carbonyl (C=O) groups excluding carboxylic acids is 1. The third-order valence-corrected chi connectivity index (χ3v) is 3.44. The van der Waals surface area contributed by atoms with Gasteiger partial charge in [-0.25, -0.2) is 13.2 Å². The van der Waals surface area contributed by atoms with Gasteiger partial charge in [-0.15, -0.1) is 0 Å². The number of hydrogen-bond donors (Lipinski definition) is 0. The van der Waals surface area contributed by atoms with Crippen molar-refractivity contribution in [1.82, 2.24) is 4.90 Å². The number of benzene rings is 2. The van der Waals surface area contributed by atoms with Crippen LogP contribution in [0, 0.1) is 17.5 Å². The molecular formula is C16H14F3NO. The van der Waals surface area contributed by atoms with E-state index in [9.17, 15) is 18.0 Å². The lowest BCUT2D eigenvalue weighted by Gasteiger charge is -2.25. The maximum absolute atomic E-state index is 13.7. The second-order valence-corrected chi connectivity index (χ2v) is 4.74. The summed E-state index contributed by atoms with van der Waals surface area (Å²) >= 11 is 0. The van der Waals surface area contributed by atoms with Gasteiger partial charge in [0.1, 0.15) is 5.82 Å². The van der Waals surface area contributed by atoms with Crippen LogP contribution in [0.1, 0.15) is 28.9 Å². The van der Waals surface area contributed by atoms with Gasteiger partial charge in [0.05, 0.1) is 11.6 Å². The molecule has 0 aliphatic rings. The molecule has 1 atom stereocenters. The molecule has 110 valence electrons. The van der Waals surface area contributed by atoms with E-state index in [-0.39, 0.29) is 11.4 Å². The minimum Gasteiger partial charge on any atom is -0.335 e. The molecule has 0 fully saturated rings. The Morgan fingerprint density at radius 3 is 2.29 bits per heavy atom. The van der Waals surface area contributed by atoms with E-state index in [0.29, 0.717) is 5.56 Å². The van der Waals surface area contributed by atoms with Crippen LogP contribution < -0.4 is 0 Å². The van der Waals surface area contributed by atoms with Gasteiger partial charge >= 0.3 is 0 Å². The third-order valence-electron chi connectivity index (χ3n) is 3.44. The van der Waals surface area contributed by atoms with Crippen LogP contribution in [-0.2, 0) is 0 Å². The molecule has 0 aromatic heterocycles. The van der Waals surface area contributed by atoms with E-state index in [1.165, 1.54) is 36.2 Å². The van der Waals surface area contributed by atoms with Crippen LogP contribution in [0.25, 0.3) is 0 Å².